The minimum atomic E-state index is -4.56. The Morgan fingerprint density at radius 1 is 1.39 bits per heavy atom. The molecule has 0 aliphatic heterocycles. The van der Waals surface area contributed by atoms with Crippen molar-refractivity contribution in [2.75, 3.05) is 5.32 Å². The van der Waals surface area contributed by atoms with Gasteiger partial charge in [0, 0.05) is 16.5 Å². The molecule has 23 heavy (non-hydrogen) atoms. The fourth-order valence-corrected chi connectivity index (χ4v) is 3.71. The van der Waals surface area contributed by atoms with Crippen molar-refractivity contribution in [3.63, 3.8) is 0 Å². The number of aryl methyl sites for hydroxylation is 1. The molecule has 1 atom stereocenters. The molecule has 3 rings (SSSR count). The van der Waals surface area contributed by atoms with Crippen LogP contribution in [0, 0.1) is 5.92 Å². The number of carbonyl (C=O) groups excluding carboxylic acids is 1. The van der Waals surface area contributed by atoms with Crippen LogP contribution >= 0.6 is 22.9 Å². The molecular weight excluding hydrogens is 349 g/mol. The lowest BCUT2D eigenvalue weighted by Gasteiger charge is -2.21. The van der Waals surface area contributed by atoms with E-state index in [1.54, 1.807) is 5.51 Å². The molecule has 0 saturated carbocycles. The summed E-state index contributed by atoms with van der Waals surface area (Å²) in [6.07, 6.45) is -2.63. The van der Waals surface area contributed by atoms with Gasteiger partial charge in [0.05, 0.1) is 21.8 Å². The second-order valence-electron chi connectivity index (χ2n) is 5.34. The molecule has 1 unspecified atom stereocenters. The van der Waals surface area contributed by atoms with Crippen LogP contribution < -0.4 is 5.32 Å². The van der Waals surface area contributed by atoms with Gasteiger partial charge >= 0.3 is 6.18 Å². The van der Waals surface area contributed by atoms with Gasteiger partial charge in [-0.15, -0.1) is 11.3 Å². The zero-order chi connectivity index (χ0) is 16.6. The third-order valence-electron chi connectivity index (χ3n) is 3.80. The van der Waals surface area contributed by atoms with Gasteiger partial charge in [0.25, 0.3) is 0 Å². The molecule has 0 radical (unpaired) electrons. The lowest BCUT2D eigenvalue weighted by molar-refractivity contribution is -0.137. The molecular formula is C15H12ClF3N2OS. The number of rotatable bonds is 2. The van der Waals surface area contributed by atoms with E-state index >= 15 is 0 Å². The number of carbonyl (C=O) groups is 1. The standard InChI is InChI=1S/C15H12ClF3N2OS/c16-11-3-2-9(6-10(11)15(17,18)19)21-14(22)8-1-4-12-13(5-8)23-7-20-12/h2-3,6-8H,1,4-5H2,(H,21,22). The Morgan fingerprint density at radius 2 is 2.17 bits per heavy atom. The van der Waals surface area contributed by atoms with E-state index in [9.17, 15) is 18.0 Å². The highest BCUT2D eigenvalue weighted by Crippen LogP contribution is 2.36. The summed E-state index contributed by atoms with van der Waals surface area (Å²) in [5, 5.41) is 2.17. The maximum Gasteiger partial charge on any atom is 0.417 e. The van der Waals surface area contributed by atoms with Crippen LogP contribution in [0.4, 0.5) is 18.9 Å². The van der Waals surface area contributed by atoms with E-state index in [2.05, 4.69) is 10.3 Å². The van der Waals surface area contributed by atoms with Crippen LogP contribution in [0.25, 0.3) is 0 Å². The quantitative estimate of drug-likeness (QED) is 0.853. The number of alkyl halides is 3. The molecule has 1 heterocycles. The SMILES string of the molecule is O=C(Nc1ccc(Cl)c(C(F)(F)F)c1)C1CCc2ncsc2C1. The van der Waals surface area contributed by atoms with E-state index in [0.29, 0.717) is 19.3 Å². The third kappa shape index (κ3) is 3.50. The van der Waals surface area contributed by atoms with Crippen molar-refractivity contribution in [2.45, 2.75) is 25.4 Å². The number of aromatic nitrogens is 1. The Kier molecular flexibility index (Phi) is 4.33. The van der Waals surface area contributed by atoms with Gasteiger partial charge in [0.2, 0.25) is 5.91 Å². The largest absolute Gasteiger partial charge is 0.417 e. The van der Waals surface area contributed by atoms with Crippen molar-refractivity contribution in [3.05, 3.63) is 44.9 Å². The number of nitrogens with zero attached hydrogens (tertiary/aromatic N) is 1. The van der Waals surface area contributed by atoms with Crippen LogP contribution in [0.2, 0.25) is 5.02 Å². The number of benzene rings is 1. The second-order valence-corrected chi connectivity index (χ2v) is 6.69. The zero-order valence-corrected chi connectivity index (χ0v) is 13.4. The molecule has 1 amide bonds. The van der Waals surface area contributed by atoms with Crippen molar-refractivity contribution >= 4 is 34.5 Å². The van der Waals surface area contributed by atoms with Crippen molar-refractivity contribution in [1.82, 2.24) is 4.98 Å². The highest BCUT2D eigenvalue weighted by Gasteiger charge is 2.34. The molecule has 1 N–H and O–H groups in total. The number of fused-ring (bicyclic) bond motifs is 1. The summed E-state index contributed by atoms with van der Waals surface area (Å²) in [5.41, 5.74) is 1.91. The summed E-state index contributed by atoms with van der Waals surface area (Å²) >= 11 is 7.07. The van der Waals surface area contributed by atoms with Gasteiger partial charge in [0.15, 0.2) is 0 Å². The maximum absolute atomic E-state index is 12.8. The first-order chi connectivity index (χ1) is 10.8. The Bertz CT molecular complexity index is 745. The predicted molar refractivity (Wildman–Crippen MR) is 82.7 cm³/mol. The zero-order valence-electron chi connectivity index (χ0n) is 11.8. The number of halogens is 4. The van der Waals surface area contributed by atoms with Gasteiger partial charge in [-0.05, 0) is 37.5 Å². The molecule has 0 spiro atoms. The molecule has 122 valence electrons. The van der Waals surface area contributed by atoms with Gasteiger partial charge < -0.3 is 5.32 Å². The fraction of sp³-hybridized carbons (Fsp3) is 0.333. The highest BCUT2D eigenvalue weighted by molar-refractivity contribution is 7.09. The van der Waals surface area contributed by atoms with E-state index in [-0.39, 0.29) is 22.5 Å². The summed E-state index contributed by atoms with van der Waals surface area (Å²) < 4.78 is 38.5. The van der Waals surface area contributed by atoms with E-state index in [1.165, 1.54) is 17.4 Å². The lowest BCUT2D eigenvalue weighted by Crippen LogP contribution is -2.27. The summed E-state index contributed by atoms with van der Waals surface area (Å²) in [6.45, 7) is 0. The van der Waals surface area contributed by atoms with Crippen molar-refractivity contribution in [2.24, 2.45) is 5.92 Å². The molecule has 1 aliphatic rings. The summed E-state index contributed by atoms with van der Waals surface area (Å²) in [5.74, 6) is -0.535. The van der Waals surface area contributed by atoms with Gasteiger partial charge in [-0.25, -0.2) is 4.98 Å². The van der Waals surface area contributed by atoms with Crippen molar-refractivity contribution in [1.29, 1.82) is 0 Å². The number of thiazole rings is 1. The molecule has 3 nitrogen and oxygen atoms in total. The minimum absolute atomic E-state index is 0.0989. The maximum atomic E-state index is 12.8. The summed E-state index contributed by atoms with van der Waals surface area (Å²) in [7, 11) is 0. The van der Waals surface area contributed by atoms with E-state index in [4.69, 9.17) is 11.6 Å². The number of nitrogens with one attached hydrogen (secondary N) is 1. The molecule has 0 bridgehead atoms. The summed E-state index contributed by atoms with van der Waals surface area (Å²) in [4.78, 5) is 17.6. The average Bonchev–Trinajstić information content (AvgIpc) is 2.95. The average molecular weight is 361 g/mol. The van der Waals surface area contributed by atoms with Crippen LogP contribution in [0.3, 0.4) is 0 Å². The summed E-state index contributed by atoms with van der Waals surface area (Å²) in [6, 6.07) is 3.37. The first-order valence-electron chi connectivity index (χ1n) is 6.93. The van der Waals surface area contributed by atoms with E-state index in [0.717, 1.165) is 22.7 Å². The van der Waals surface area contributed by atoms with Gasteiger partial charge in [-0.2, -0.15) is 13.2 Å². The molecule has 1 aliphatic carbocycles. The Labute approximate surface area is 139 Å². The highest BCUT2D eigenvalue weighted by atomic mass is 35.5. The number of hydrogen-bond donors (Lipinski definition) is 1. The predicted octanol–water partition coefficient (Wildman–Crippen LogP) is 4.56. The van der Waals surface area contributed by atoms with Gasteiger partial charge in [0.1, 0.15) is 0 Å². The van der Waals surface area contributed by atoms with Crippen LogP contribution in [-0.4, -0.2) is 10.9 Å². The van der Waals surface area contributed by atoms with Crippen LogP contribution in [0.15, 0.2) is 23.7 Å². The smallest absolute Gasteiger partial charge is 0.326 e. The van der Waals surface area contributed by atoms with Crippen molar-refractivity contribution < 1.29 is 18.0 Å². The van der Waals surface area contributed by atoms with Crippen LogP contribution in [0.1, 0.15) is 22.6 Å². The van der Waals surface area contributed by atoms with Crippen LogP contribution in [0.5, 0.6) is 0 Å². The Hall–Kier alpha value is -1.60. The van der Waals surface area contributed by atoms with Gasteiger partial charge in [-0.3, -0.25) is 4.79 Å². The molecule has 0 saturated heterocycles. The molecule has 8 heteroatoms. The third-order valence-corrected chi connectivity index (χ3v) is 5.02. The second kappa shape index (κ2) is 6.13. The molecule has 1 aromatic carbocycles. The van der Waals surface area contributed by atoms with E-state index < -0.39 is 11.7 Å². The number of hydrogen-bond acceptors (Lipinski definition) is 3. The molecule has 0 fully saturated rings. The van der Waals surface area contributed by atoms with Crippen LogP contribution in [-0.2, 0) is 23.8 Å². The molecule has 2 aromatic rings. The lowest BCUT2D eigenvalue weighted by atomic mass is 9.90. The van der Waals surface area contributed by atoms with E-state index in [1.807, 2.05) is 0 Å². The first kappa shape index (κ1) is 16.3. The monoisotopic (exact) mass is 360 g/mol. The number of anilines is 1. The minimum Gasteiger partial charge on any atom is -0.326 e. The van der Waals surface area contributed by atoms with Gasteiger partial charge in [-0.1, -0.05) is 11.6 Å². The first-order valence-corrected chi connectivity index (χ1v) is 8.19. The fourth-order valence-electron chi connectivity index (χ4n) is 2.59. The van der Waals surface area contributed by atoms with Crippen molar-refractivity contribution in [3.8, 4) is 0 Å². The molecule has 1 aromatic heterocycles. The Balaban J connectivity index is 1.74. The topological polar surface area (TPSA) is 42.0 Å². The number of amides is 1. The Morgan fingerprint density at radius 3 is 2.91 bits per heavy atom. The normalized spacial score (nSPS) is 17.7.